The third-order valence-electron chi connectivity index (χ3n) is 6.79. The van der Waals surface area contributed by atoms with Crippen molar-refractivity contribution in [3.8, 4) is 5.75 Å². The molecule has 2 N–H and O–H groups in total. The number of nitrogens with zero attached hydrogens (tertiary/aromatic N) is 2. The van der Waals surface area contributed by atoms with Crippen LogP contribution in [0.5, 0.6) is 5.75 Å². The van der Waals surface area contributed by atoms with Crippen LogP contribution in [0.25, 0.3) is 0 Å². The molecule has 1 aliphatic carbocycles. The lowest BCUT2D eigenvalue weighted by Gasteiger charge is -2.34. The largest absolute Gasteiger partial charge is 0.489 e. The normalized spacial score (nSPS) is 18.3. The van der Waals surface area contributed by atoms with Crippen LogP contribution >= 0.6 is 0 Å². The molecule has 4 amide bonds. The number of benzene rings is 3. The fraction of sp³-hybridized carbons (Fsp3) is 0.276. The summed E-state index contributed by atoms with van der Waals surface area (Å²) in [6.45, 7) is 0.474. The third-order valence-corrected chi connectivity index (χ3v) is 6.79. The molecular weight excluding hydrogens is 486 g/mol. The summed E-state index contributed by atoms with van der Waals surface area (Å²) in [5.74, 6) is 0.708. The highest BCUT2D eigenvalue weighted by atomic mass is 16.7. The zero-order chi connectivity index (χ0) is 26.5. The van der Waals surface area contributed by atoms with E-state index in [-0.39, 0.29) is 6.61 Å². The number of hydrogen-bond donors (Lipinski definition) is 1. The van der Waals surface area contributed by atoms with Gasteiger partial charge in [0, 0.05) is 0 Å². The average Bonchev–Trinajstić information content (AvgIpc) is 3.30. The molecular formula is C29H29N3O6. The first kappa shape index (κ1) is 25.1. The van der Waals surface area contributed by atoms with Gasteiger partial charge in [0.2, 0.25) is 0 Å². The maximum absolute atomic E-state index is 13.1. The average molecular weight is 516 g/mol. The zero-order valence-electron chi connectivity index (χ0n) is 20.8. The van der Waals surface area contributed by atoms with Crippen LogP contribution in [0.4, 0.5) is 14.4 Å². The van der Waals surface area contributed by atoms with Crippen LogP contribution in [-0.2, 0) is 29.0 Å². The van der Waals surface area contributed by atoms with Gasteiger partial charge in [-0.15, -0.1) is 5.06 Å². The molecule has 2 atom stereocenters. The Hall–Kier alpha value is -4.53. The molecule has 0 unspecified atom stereocenters. The number of hydroxylamine groups is 2. The number of carbonyl (C=O) groups is 3. The Morgan fingerprint density at radius 1 is 1.00 bits per heavy atom. The molecule has 0 radical (unpaired) electrons. The number of carbonyl (C=O) groups excluding carboxylic acids is 3. The van der Waals surface area contributed by atoms with Crippen LogP contribution in [0.15, 0.2) is 78.9 Å². The Morgan fingerprint density at radius 2 is 1.71 bits per heavy atom. The molecule has 196 valence electrons. The fourth-order valence-electron chi connectivity index (χ4n) is 4.95. The predicted octanol–water partition coefficient (Wildman–Crippen LogP) is 5.14. The van der Waals surface area contributed by atoms with Gasteiger partial charge in [-0.05, 0) is 60.1 Å². The summed E-state index contributed by atoms with van der Waals surface area (Å²) in [4.78, 5) is 44.4. The topological polar surface area (TPSA) is 111 Å². The lowest BCUT2D eigenvalue weighted by molar-refractivity contribution is -0.100. The molecule has 0 saturated carbocycles. The van der Waals surface area contributed by atoms with E-state index in [9.17, 15) is 14.4 Å². The number of urea groups is 1. The number of aryl methyl sites for hydroxylation is 1. The van der Waals surface area contributed by atoms with Crippen molar-refractivity contribution in [3.05, 3.63) is 101 Å². The molecule has 2 aliphatic rings. The highest BCUT2D eigenvalue weighted by Gasteiger charge is 2.42. The van der Waals surface area contributed by atoms with E-state index in [2.05, 4.69) is 0 Å². The number of hydrogen-bond acceptors (Lipinski definition) is 6. The van der Waals surface area contributed by atoms with E-state index in [1.54, 1.807) is 0 Å². The highest BCUT2D eigenvalue weighted by molar-refractivity contribution is 5.90. The molecule has 9 heteroatoms. The van der Waals surface area contributed by atoms with Crippen LogP contribution in [-0.4, -0.2) is 40.8 Å². The summed E-state index contributed by atoms with van der Waals surface area (Å²) in [6, 6.07) is 22.9. The molecule has 1 fully saturated rings. The van der Waals surface area contributed by atoms with Gasteiger partial charge in [-0.2, -0.15) is 0 Å². The van der Waals surface area contributed by atoms with Crippen molar-refractivity contribution >= 4 is 18.2 Å². The second-order valence-electron chi connectivity index (χ2n) is 9.35. The SMILES string of the molecule is NC(=O)N(OC(=O)N1C(=O)OC[C@H]1Cc1ccccc1)[C@H]1CCCc2cc(OCc3ccccc3)ccc21. The van der Waals surface area contributed by atoms with Gasteiger partial charge in [0.05, 0.1) is 12.1 Å². The standard InChI is InChI=1S/C29H29N3O6/c30-27(33)32(38-29(35)31-23(19-37-28(31)34)16-20-8-3-1-4-9-20)26-13-7-12-22-17-24(14-15-25(22)26)36-18-21-10-5-2-6-11-21/h1-6,8-11,14-15,17,23,26H,7,12-13,16,18-19H2,(H2,30,33)/t23-,26+/m1/s1. The summed E-state index contributed by atoms with van der Waals surface area (Å²) in [5.41, 5.74) is 9.45. The Kier molecular flexibility index (Phi) is 7.44. The molecule has 1 aliphatic heterocycles. The molecule has 0 bridgehead atoms. The van der Waals surface area contributed by atoms with Gasteiger partial charge < -0.3 is 20.0 Å². The van der Waals surface area contributed by atoms with E-state index in [0.29, 0.717) is 25.2 Å². The molecule has 0 spiro atoms. The molecule has 5 rings (SSSR count). The summed E-state index contributed by atoms with van der Waals surface area (Å²) in [7, 11) is 0. The van der Waals surface area contributed by atoms with E-state index in [1.807, 2.05) is 78.9 Å². The molecule has 0 aromatic heterocycles. The van der Waals surface area contributed by atoms with Crippen LogP contribution in [0.1, 0.15) is 41.1 Å². The Morgan fingerprint density at radius 3 is 2.42 bits per heavy atom. The van der Waals surface area contributed by atoms with Crippen LogP contribution < -0.4 is 10.5 Å². The summed E-state index contributed by atoms with van der Waals surface area (Å²) >= 11 is 0. The number of ether oxygens (including phenoxy) is 2. The third kappa shape index (κ3) is 5.56. The van der Waals surface area contributed by atoms with Gasteiger partial charge >= 0.3 is 18.2 Å². The quantitative estimate of drug-likeness (QED) is 0.455. The minimum atomic E-state index is -0.998. The number of amides is 4. The van der Waals surface area contributed by atoms with E-state index in [0.717, 1.165) is 45.1 Å². The van der Waals surface area contributed by atoms with Crippen molar-refractivity contribution in [3.63, 3.8) is 0 Å². The van der Waals surface area contributed by atoms with Crippen molar-refractivity contribution in [2.45, 2.75) is 44.4 Å². The maximum Gasteiger partial charge on any atom is 0.444 e. The minimum absolute atomic E-state index is 0.0391. The first-order valence-electron chi connectivity index (χ1n) is 12.6. The van der Waals surface area contributed by atoms with E-state index in [1.165, 1.54) is 0 Å². The number of cyclic esters (lactones) is 1. The van der Waals surface area contributed by atoms with E-state index in [4.69, 9.17) is 20.0 Å². The number of fused-ring (bicyclic) bond motifs is 1. The van der Waals surface area contributed by atoms with Crippen LogP contribution in [0.3, 0.4) is 0 Å². The van der Waals surface area contributed by atoms with Crippen molar-refractivity contribution in [2.75, 3.05) is 6.61 Å². The van der Waals surface area contributed by atoms with E-state index >= 15 is 0 Å². The Bertz CT molecular complexity index is 1300. The van der Waals surface area contributed by atoms with Gasteiger partial charge in [0.15, 0.2) is 0 Å². The highest BCUT2D eigenvalue weighted by Crippen LogP contribution is 2.37. The molecule has 38 heavy (non-hydrogen) atoms. The predicted molar refractivity (Wildman–Crippen MR) is 138 cm³/mol. The summed E-state index contributed by atoms with van der Waals surface area (Å²) in [6.07, 6.45) is 0.671. The zero-order valence-corrected chi connectivity index (χ0v) is 20.8. The van der Waals surface area contributed by atoms with Crippen molar-refractivity contribution < 1.29 is 28.7 Å². The molecule has 9 nitrogen and oxygen atoms in total. The molecule has 1 saturated heterocycles. The molecule has 1 heterocycles. The Balaban J connectivity index is 1.30. The number of primary amides is 1. The van der Waals surface area contributed by atoms with Crippen LogP contribution in [0.2, 0.25) is 0 Å². The van der Waals surface area contributed by atoms with Crippen molar-refractivity contribution in [1.29, 1.82) is 0 Å². The minimum Gasteiger partial charge on any atom is -0.489 e. The smallest absolute Gasteiger partial charge is 0.444 e. The van der Waals surface area contributed by atoms with Gasteiger partial charge in [-0.1, -0.05) is 66.7 Å². The maximum atomic E-state index is 13.1. The fourth-order valence-corrected chi connectivity index (χ4v) is 4.95. The first-order chi connectivity index (χ1) is 18.5. The van der Waals surface area contributed by atoms with E-state index < -0.39 is 30.3 Å². The lowest BCUT2D eigenvalue weighted by atomic mass is 9.87. The van der Waals surface area contributed by atoms with Gasteiger partial charge in [-0.3, -0.25) is 0 Å². The second kappa shape index (κ2) is 11.2. The monoisotopic (exact) mass is 515 g/mol. The first-order valence-corrected chi connectivity index (χ1v) is 12.6. The lowest BCUT2D eigenvalue weighted by Crippen LogP contribution is -2.47. The van der Waals surface area contributed by atoms with Crippen LogP contribution in [0, 0.1) is 0 Å². The van der Waals surface area contributed by atoms with Gasteiger partial charge in [0.1, 0.15) is 19.0 Å². The van der Waals surface area contributed by atoms with Crippen molar-refractivity contribution in [2.24, 2.45) is 5.73 Å². The molecule has 3 aromatic rings. The summed E-state index contributed by atoms with van der Waals surface area (Å²) < 4.78 is 11.1. The summed E-state index contributed by atoms with van der Waals surface area (Å²) in [5, 5.41) is 0.871. The molecule has 3 aromatic carbocycles. The number of nitrogens with two attached hydrogens (primary N) is 1. The number of imide groups is 1. The number of rotatable bonds is 6. The van der Waals surface area contributed by atoms with Gasteiger partial charge in [0.25, 0.3) is 0 Å². The van der Waals surface area contributed by atoms with Crippen molar-refractivity contribution in [1.82, 2.24) is 9.96 Å². The van der Waals surface area contributed by atoms with Gasteiger partial charge in [-0.25, -0.2) is 19.3 Å². The Labute approximate surface area is 220 Å². The second-order valence-corrected chi connectivity index (χ2v) is 9.35.